The molecule has 0 saturated heterocycles. The summed E-state index contributed by atoms with van der Waals surface area (Å²) in [6, 6.07) is 9.73. The summed E-state index contributed by atoms with van der Waals surface area (Å²) in [5.74, 6) is 0.163. The molecule has 0 bridgehead atoms. The number of halogens is 1. The van der Waals surface area contributed by atoms with E-state index < -0.39 is 7.12 Å². The van der Waals surface area contributed by atoms with Gasteiger partial charge in [-0.25, -0.2) is 4.39 Å². The Morgan fingerprint density at radius 2 is 1.90 bits per heavy atom. The molecule has 1 fully saturated rings. The lowest BCUT2D eigenvalue weighted by Crippen LogP contribution is -2.33. The first-order valence-electron chi connectivity index (χ1n) is 6.87. The van der Waals surface area contributed by atoms with E-state index in [1.165, 1.54) is 12.1 Å². The fourth-order valence-electron chi connectivity index (χ4n) is 2.69. The van der Waals surface area contributed by atoms with E-state index in [1.54, 1.807) is 24.4 Å². The molecule has 0 radical (unpaired) electrons. The van der Waals surface area contributed by atoms with Gasteiger partial charge in [-0.2, -0.15) is 0 Å². The minimum Gasteiger partial charge on any atom is -0.422 e. The molecule has 3 N–H and O–H groups in total. The molecule has 3 rings (SSSR count). The van der Waals surface area contributed by atoms with Crippen LogP contribution in [0.15, 0.2) is 42.6 Å². The highest BCUT2D eigenvalue weighted by atomic mass is 19.1. The Morgan fingerprint density at radius 1 is 1.24 bits per heavy atom. The molecule has 0 amide bonds. The maximum Gasteiger partial charge on any atom is 0.508 e. The van der Waals surface area contributed by atoms with E-state index in [0.717, 1.165) is 17.7 Å². The van der Waals surface area contributed by atoms with E-state index in [4.69, 9.17) is 10.0 Å². The number of anilines is 1. The van der Waals surface area contributed by atoms with Crippen LogP contribution in [0, 0.1) is 11.7 Å². The molecule has 1 saturated carbocycles. The molecule has 1 aromatic carbocycles. The lowest BCUT2D eigenvalue weighted by Gasteiger charge is -2.21. The highest BCUT2D eigenvalue weighted by Crippen LogP contribution is 2.53. The molecule has 2 unspecified atom stereocenters. The number of nitrogens with one attached hydrogen (secondary N) is 1. The van der Waals surface area contributed by atoms with Gasteiger partial charge in [0, 0.05) is 11.9 Å². The van der Waals surface area contributed by atoms with Gasteiger partial charge in [0.25, 0.3) is 0 Å². The third-order valence-corrected chi connectivity index (χ3v) is 4.09. The second kappa shape index (κ2) is 5.13. The van der Waals surface area contributed by atoms with Crippen LogP contribution < -0.4 is 10.9 Å². The Balaban J connectivity index is 1.85. The molecule has 108 valence electrons. The molecular formula is C15H16BFN2O2. The lowest BCUT2D eigenvalue weighted by atomic mass is 9.85. The summed E-state index contributed by atoms with van der Waals surface area (Å²) in [5, 5.41) is 21.6. The van der Waals surface area contributed by atoms with Crippen molar-refractivity contribution in [1.29, 1.82) is 0 Å². The quantitative estimate of drug-likeness (QED) is 0.740. The molecule has 0 aliphatic heterocycles. The summed E-state index contributed by atoms with van der Waals surface area (Å²) >= 11 is 0. The zero-order valence-corrected chi connectivity index (χ0v) is 11.6. The molecule has 6 heteroatoms. The van der Waals surface area contributed by atoms with E-state index in [1.807, 2.05) is 6.07 Å². The van der Waals surface area contributed by atoms with Crippen LogP contribution in [-0.2, 0) is 5.54 Å². The molecule has 0 spiro atoms. The molecular weight excluding hydrogens is 270 g/mol. The topological polar surface area (TPSA) is 65.4 Å². The predicted octanol–water partition coefficient (Wildman–Crippen LogP) is 1.25. The molecule has 2 aromatic rings. The van der Waals surface area contributed by atoms with Crippen LogP contribution in [0.4, 0.5) is 10.1 Å². The van der Waals surface area contributed by atoms with Crippen LogP contribution in [0.2, 0.25) is 0 Å². The van der Waals surface area contributed by atoms with Crippen molar-refractivity contribution in [2.24, 2.45) is 5.92 Å². The van der Waals surface area contributed by atoms with Crippen molar-refractivity contribution >= 4 is 18.4 Å². The maximum absolute atomic E-state index is 13.0. The summed E-state index contributed by atoms with van der Waals surface area (Å²) in [5.41, 5.74) is 1.85. The number of hydrogen-bond acceptors (Lipinski definition) is 4. The van der Waals surface area contributed by atoms with Crippen LogP contribution >= 0.6 is 0 Å². The number of aromatic nitrogens is 1. The summed E-state index contributed by atoms with van der Waals surface area (Å²) in [4.78, 5) is 4.07. The van der Waals surface area contributed by atoms with Crippen LogP contribution in [0.25, 0.3) is 0 Å². The van der Waals surface area contributed by atoms with Crippen LogP contribution in [0.1, 0.15) is 18.9 Å². The number of pyridine rings is 1. The molecule has 4 nitrogen and oxygen atoms in total. The highest BCUT2D eigenvalue weighted by molar-refractivity contribution is 6.57. The van der Waals surface area contributed by atoms with Crippen LogP contribution in [-0.4, -0.2) is 22.2 Å². The zero-order valence-electron chi connectivity index (χ0n) is 11.6. The summed E-state index contributed by atoms with van der Waals surface area (Å²) in [7, 11) is -1.56. The van der Waals surface area contributed by atoms with Gasteiger partial charge in [0.15, 0.2) is 0 Å². The van der Waals surface area contributed by atoms with E-state index in [0.29, 0.717) is 5.92 Å². The SMILES string of the molecule is CC1CC1(Nc1ccc(F)cc1)c1ccc(B(O)O)nc1. The van der Waals surface area contributed by atoms with Gasteiger partial charge in [0.1, 0.15) is 5.82 Å². The number of rotatable bonds is 4. The average molecular weight is 286 g/mol. The van der Waals surface area contributed by atoms with Crippen molar-refractivity contribution < 1.29 is 14.4 Å². The Kier molecular flexibility index (Phi) is 3.43. The van der Waals surface area contributed by atoms with Crippen molar-refractivity contribution in [3.05, 3.63) is 54.0 Å². The van der Waals surface area contributed by atoms with Crippen molar-refractivity contribution in [2.45, 2.75) is 18.9 Å². The van der Waals surface area contributed by atoms with Gasteiger partial charge in [-0.3, -0.25) is 4.98 Å². The van der Waals surface area contributed by atoms with E-state index in [-0.39, 0.29) is 16.9 Å². The van der Waals surface area contributed by atoms with Crippen molar-refractivity contribution in [3.8, 4) is 0 Å². The van der Waals surface area contributed by atoms with E-state index in [9.17, 15) is 4.39 Å². The maximum atomic E-state index is 13.0. The highest BCUT2D eigenvalue weighted by Gasteiger charge is 2.52. The second-order valence-electron chi connectivity index (χ2n) is 5.55. The molecule has 1 aliphatic carbocycles. The molecule has 1 aromatic heterocycles. The second-order valence-corrected chi connectivity index (χ2v) is 5.55. The Bertz CT molecular complexity index is 633. The minimum absolute atomic E-state index is 0.218. The zero-order chi connectivity index (χ0) is 15.0. The number of benzene rings is 1. The number of hydrogen-bond donors (Lipinski definition) is 3. The van der Waals surface area contributed by atoms with Gasteiger partial charge in [0.2, 0.25) is 0 Å². The van der Waals surface area contributed by atoms with Gasteiger partial charge >= 0.3 is 7.12 Å². The van der Waals surface area contributed by atoms with E-state index in [2.05, 4.69) is 17.2 Å². The van der Waals surface area contributed by atoms with Gasteiger partial charge in [-0.1, -0.05) is 13.0 Å². The monoisotopic (exact) mass is 286 g/mol. The fourth-order valence-corrected chi connectivity index (χ4v) is 2.69. The smallest absolute Gasteiger partial charge is 0.422 e. The van der Waals surface area contributed by atoms with Crippen LogP contribution in [0.5, 0.6) is 0 Å². The average Bonchev–Trinajstić information content (AvgIpc) is 3.13. The normalized spacial score (nSPS) is 23.7. The fraction of sp³-hybridized carbons (Fsp3) is 0.267. The van der Waals surface area contributed by atoms with Gasteiger partial charge in [-0.15, -0.1) is 0 Å². The van der Waals surface area contributed by atoms with Crippen molar-refractivity contribution in [3.63, 3.8) is 0 Å². The van der Waals surface area contributed by atoms with Crippen molar-refractivity contribution in [2.75, 3.05) is 5.32 Å². The molecule has 1 aliphatic rings. The first-order chi connectivity index (χ1) is 10.0. The Hall–Kier alpha value is -1.92. The first kappa shape index (κ1) is 14.0. The largest absolute Gasteiger partial charge is 0.508 e. The molecule has 21 heavy (non-hydrogen) atoms. The predicted molar refractivity (Wildman–Crippen MR) is 79.5 cm³/mol. The van der Waals surface area contributed by atoms with Crippen molar-refractivity contribution in [1.82, 2.24) is 4.98 Å². The van der Waals surface area contributed by atoms with Crippen LogP contribution in [0.3, 0.4) is 0 Å². The van der Waals surface area contributed by atoms with Gasteiger partial charge < -0.3 is 15.4 Å². The third-order valence-electron chi connectivity index (χ3n) is 4.09. The standard InChI is InChI=1S/C15H16BFN2O2/c1-10-8-15(10,19-13-5-3-12(17)4-6-13)11-2-7-14(16(20)21)18-9-11/h2-7,9-10,19-21H,8H2,1H3. The minimum atomic E-state index is -1.56. The van der Waals surface area contributed by atoms with E-state index >= 15 is 0 Å². The Labute approximate surface area is 122 Å². The third kappa shape index (κ3) is 2.64. The first-order valence-corrected chi connectivity index (χ1v) is 6.87. The summed E-state index contributed by atoms with van der Waals surface area (Å²) in [6.45, 7) is 2.13. The van der Waals surface area contributed by atoms with Gasteiger partial charge in [0.05, 0.1) is 11.1 Å². The summed E-state index contributed by atoms with van der Waals surface area (Å²) < 4.78 is 13.0. The van der Waals surface area contributed by atoms with Gasteiger partial charge in [-0.05, 0) is 48.2 Å². The Morgan fingerprint density at radius 3 is 2.38 bits per heavy atom. The molecule has 2 atom stereocenters. The summed E-state index contributed by atoms with van der Waals surface area (Å²) in [6.07, 6.45) is 2.61. The molecule has 1 heterocycles. The lowest BCUT2D eigenvalue weighted by molar-refractivity contribution is 0.424. The number of nitrogens with zero attached hydrogens (tertiary/aromatic N) is 1.